The minimum absolute atomic E-state index is 0.122. The smallest absolute Gasteiger partial charge is 0.234 e. The van der Waals surface area contributed by atoms with E-state index in [4.69, 9.17) is 4.74 Å². The van der Waals surface area contributed by atoms with Crippen molar-refractivity contribution in [3.8, 4) is 28.3 Å². The van der Waals surface area contributed by atoms with Gasteiger partial charge in [0.25, 0.3) is 0 Å². The van der Waals surface area contributed by atoms with Crippen molar-refractivity contribution in [1.82, 2.24) is 14.8 Å². The van der Waals surface area contributed by atoms with Gasteiger partial charge in [0.2, 0.25) is 5.91 Å². The zero-order chi connectivity index (χ0) is 23.4. The molecular formula is C25H26N4O2S2. The third-order valence-corrected chi connectivity index (χ3v) is 7.12. The zero-order valence-electron chi connectivity index (χ0n) is 19.1. The van der Waals surface area contributed by atoms with Gasteiger partial charge in [0, 0.05) is 28.4 Å². The molecular weight excluding hydrogens is 452 g/mol. The number of carbonyl (C=O) groups excluding carboxylic acids is 1. The highest BCUT2D eigenvalue weighted by molar-refractivity contribution is 7.99. The van der Waals surface area contributed by atoms with Crippen molar-refractivity contribution in [3.05, 3.63) is 64.4 Å². The van der Waals surface area contributed by atoms with Crippen LogP contribution in [0.3, 0.4) is 0 Å². The second-order valence-corrected chi connectivity index (χ2v) is 9.60. The van der Waals surface area contributed by atoms with Gasteiger partial charge in [0.1, 0.15) is 5.75 Å². The normalized spacial score (nSPS) is 10.9. The van der Waals surface area contributed by atoms with E-state index in [9.17, 15) is 4.79 Å². The Hall–Kier alpha value is -3.10. The molecule has 0 unspecified atom stereocenters. The molecule has 0 atom stereocenters. The van der Waals surface area contributed by atoms with Gasteiger partial charge in [0.05, 0.1) is 18.0 Å². The SMILES string of the molecule is CCOc1ccccc1NC(=O)CSc1nnc(-c2csc(C)c2-c2ccc(C)cc2)n1C. The van der Waals surface area contributed by atoms with E-state index in [0.717, 1.165) is 11.4 Å². The molecule has 0 aliphatic carbocycles. The maximum Gasteiger partial charge on any atom is 0.234 e. The van der Waals surface area contributed by atoms with Crippen LogP contribution < -0.4 is 10.1 Å². The van der Waals surface area contributed by atoms with Crippen LogP contribution in [0.5, 0.6) is 5.75 Å². The highest BCUT2D eigenvalue weighted by atomic mass is 32.2. The Bertz CT molecular complexity index is 1260. The molecule has 6 nitrogen and oxygen atoms in total. The first kappa shape index (κ1) is 23.1. The molecule has 0 saturated carbocycles. The summed E-state index contributed by atoms with van der Waals surface area (Å²) in [5.74, 6) is 1.55. The van der Waals surface area contributed by atoms with Crippen LogP contribution in [0.1, 0.15) is 17.4 Å². The average molecular weight is 479 g/mol. The minimum Gasteiger partial charge on any atom is -0.492 e. The molecule has 2 heterocycles. The van der Waals surface area contributed by atoms with Gasteiger partial charge in [-0.3, -0.25) is 4.79 Å². The third-order valence-electron chi connectivity index (χ3n) is 5.18. The van der Waals surface area contributed by atoms with Gasteiger partial charge in [-0.15, -0.1) is 21.5 Å². The van der Waals surface area contributed by atoms with E-state index in [2.05, 4.69) is 59.0 Å². The predicted octanol–water partition coefficient (Wildman–Crippen LogP) is 5.96. The van der Waals surface area contributed by atoms with Gasteiger partial charge < -0.3 is 14.6 Å². The van der Waals surface area contributed by atoms with Gasteiger partial charge in [-0.2, -0.15) is 0 Å². The number of rotatable bonds is 8. The average Bonchev–Trinajstić information content (AvgIpc) is 3.36. The number of thioether (sulfide) groups is 1. The first-order chi connectivity index (χ1) is 16.0. The largest absolute Gasteiger partial charge is 0.492 e. The van der Waals surface area contributed by atoms with Crippen molar-refractivity contribution in [1.29, 1.82) is 0 Å². The number of ether oxygens (including phenoxy) is 1. The number of anilines is 1. The highest BCUT2D eigenvalue weighted by Gasteiger charge is 2.19. The Morgan fingerprint density at radius 1 is 1.12 bits per heavy atom. The summed E-state index contributed by atoms with van der Waals surface area (Å²) in [6.45, 7) is 6.66. The fraction of sp³-hybridized carbons (Fsp3) is 0.240. The monoisotopic (exact) mass is 478 g/mol. The van der Waals surface area contributed by atoms with Gasteiger partial charge in [-0.05, 0) is 38.5 Å². The van der Waals surface area contributed by atoms with Crippen molar-refractivity contribution in [2.45, 2.75) is 25.9 Å². The Balaban J connectivity index is 1.50. The number of aryl methyl sites for hydroxylation is 2. The Morgan fingerprint density at radius 3 is 2.64 bits per heavy atom. The second-order valence-electron chi connectivity index (χ2n) is 7.58. The van der Waals surface area contributed by atoms with E-state index in [0.29, 0.717) is 23.2 Å². The Labute approximate surface area is 202 Å². The fourth-order valence-corrected chi connectivity index (χ4v) is 5.12. The standard InChI is InChI=1S/C25H26N4O2S2/c1-5-31-21-9-7-6-8-20(21)26-22(30)15-33-25-28-27-24(29(25)4)19-14-32-17(3)23(19)18-12-10-16(2)11-13-18/h6-14H,5,15H2,1-4H3,(H,26,30). The van der Waals surface area contributed by atoms with Crippen LogP contribution in [-0.2, 0) is 11.8 Å². The molecule has 4 aromatic rings. The maximum atomic E-state index is 12.6. The molecule has 1 N–H and O–H groups in total. The summed E-state index contributed by atoms with van der Waals surface area (Å²) in [7, 11) is 1.94. The summed E-state index contributed by atoms with van der Waals surface area (Å²) in [6.07, 6.45) is 0. The molecule has 1 amide bonds. The molecule has 4 rings (SSSR count). The summed E-state index contributed by atoms with van der Waals surface area (Å²) in [5.41, 5.74) is 5.29. The van der Waals surface area contributed by atoms with Gasteiger partial charge in [0.15, 0.2) is 11.0 Å². The van der Waals surface area contributed by atoms with E-state index in [-0.39, 0.29) is 11.7 Å². The molecule has 0 aliphatic heterocycles. The lowest BCUT2D eigenvalue weighted by Gasteiger charge is -2.11. The molecule has 170 valence electrons. The molecule has 0 bridgehead atoms. The van der Waals surface area contributed by atoms with E-state index >= 15 is 0 Å². The highest BCUT2D eigenvalue weighted by Crippen LogP contribution is 2.39. The summed E-state index contributed by atoms with van der Waals surface area (Å²) >= 11 is 3.06. The zero-order valence-corrected chi connectivity index (χ0v) is 20.7. The lowest BCUT2D eigenvalue weighted by atomic mass is 10.0. The predicted molar refractivity (Wildman–Crippen MR) is 136 cm³/mol. The third kappa shape index (κ3) is 5.12. The number of hydrogen-bond donors (Lipinski definition) is 1. The maximum absolute atomic E-state index is 12.6. The van der Waals surface area contributed by atoms with Crippen LogP contribution in [0, 0.1) is 13.8 Å². The molecule has 0 aliphatic rings. The molecule has 0 radical (unpaired) electrons. The van der Waals surface area contributed by atoms with E-state index in [1.165, 1.54) is 33.3 Å². The molecule has 8 heteroatoms. The first-order valence-corrected chi connectivity index (χ1v) is 12.5. The van der Waals surface area contributed by atoms with Crippen molar-refractivity contribution in [2.24, 2.45) is 7.05 Å². The van der Waals surface area contributed by atoms with Crippen LogP contribution in [0.4, 0.5) is 5.69 Å². The van der Waals surface area contributed by atoms with Crippen LogP contribution in [0.15, 0.2) is 59.1 Å². The van der Waals surface area contributed by atoms with Crippen LogP contribution in [0.2, 0.25) is 0 Å². The van der Waals surface area contributed by atoms with Crippen molar-refractivity contribution < 1.29 is 9.53 Å². The minimum atomic E-state index is -0.122. The molecule has 2 aromatic carbocycles. The van der Waals surface area contributed by atoms with E-state index in [1.807, 2.05) is 42.8 Å². The molecule has 33 heavy (non-hydrogen) atoms. The number of carbonyl (C=O) groups is 1. The summed E-state index contributed by atoms with van der Waals surface area (Å²) in [5, 5.41) is 14.5. The number of benzene rings is 2. The van der Waals surface area contributed by atoms with Crippen molar-refractivity contribution >= 4 is 34.7 Å². The summed E-state index contributed by atoms with van der Waals surface area (Å²) in [6, 6.07) is 16.0. The molecule has 0 fully saturated rings. The lowest BCUT2D eigenvalue weighted by molar-refractivity contribution is -0.113. The van der Waals surface area contributed by atoms with E-state index < -0.39 is 0 Å². The number of thiophene rings is 1. The number of para-hydroxylation sites is 2. The topological polar surface area (TPSA) is 69.0 Å². The second kappa shape index (κ2) is 10.2. The van der Waals surface area contributed by atoms with Crippen molar-refractivity contribution in [3.63, 3.8) is 0 Å². The Morgan fingerprint density at radius 2 is 1.88 bits per heavy atom. The Kier molecular flexibility index (Phi) is 7.15. The summed E-state index contributed by atoms with van der Waals surface area (Å²) in [4.78, 5) is 13.8. The number of amides is 1. The van der Waals surface area contributed by atoms with Gasteiger partial charge in [-0.1, -0.05) is 53.7 Å². The molecule has 0 spiro atoms. The number of nitrogens with one attached hydrogen (secondary N) is 1. The first-order valence-electron chi connectivity index (χ1n) is 10.7. The van der Waals surface area contributed by atoms with Crippen LogP contribution in [-0.4, -0.2) is 33.0 Å². The van der Waals surface area contributed by atoms with Crippen LogP contribution in [0.25, 0.3) is 22.5 Å². The number of nitrogens with zero attached hydrogens (tertiary/aromatic N) is 3. The quantitative estimate of drug-likeness (QED) is 0.317. The van der Waals surface area contributed by atoms with Gasteiger partial charge >= 0.3 is 0 Å². The lowest BCUT2D eigenvalue weighted by Crippen LogP contribution is -2.15. The van der Waals surface area contributed by atoms with E-state index in [1.54, 1.807) is 11.3 Å². The number of hydrogen-bond acceptors (Lipinski definition) is 6. The van der Waals surface area contributed by atoms with Crippen LogP contribution >= 0.6 is 23.1 Å². The fourth-order valence-electron chi connectivity index (χ4n) is 3.54. The summed E-state index contributed by atoms with van der Waals surface area (Å²) < 4.78 is 7.53. The number of aromatic nitrogens is 3. The molecule has 2 aromatic heterocycles. The van der Waals surface area contributed by atoms with Gasteiger partial charge in [-0.25, -0.2) is 0 Å². The molecule has 0 saturated heterocycles. The van der Waals surface area contributed by atoms with Crippen molar-refractivity contribution in [2.75, 3.05) is 17.7 Å².